The molecule has 6 nitrogen and oxygen atoms in total. The maximum atomic E-state index is 13.1. The summed E-state index contributed by atoms with van der Waals surface area (Å²) < 4.78 is 1.13. The Morgan fingerprint density at radius 3 is 2.42 bits per heavy atom. The molecule has 1 amide bonds. The summed E-state index contributed by atoms with van der Waals surface area (Å²) in [6.07, 6.45) is 0. The molecule has 0 atom stereocenters. The average Bonchev–Trinajstić information content (AvgIpc) is 2.62. The number of anilines is 1. The third-order valence-corrected chi connectivity index (χ3v) is 4.31. The van der Waals surface area contributed by atoms with Gasteiger partial charge in [0.1, 0.15) is 0 Å². The van der Waals surface area contributed by atoms with Crippen molar-refractivity contribution in [1.29, 1.82) is 0 Å². The van der Waals surface area contributed by atoms with Gasteiger partial charge in [-0.1, -0.05) is 18.2 Å². The zero-order chi connectivity index (χ0) is 18.8. The number of benzene rings is 2. The van der Waals surface area contributed by atoms with Gasteiger partial charge in [0.15, 0.2) is 0 Å². The molecule has 0 fully saturated rings. The van der Waals surface area contributed by atoms with Crippen molar-refractivity contribution >= 4 is 22.5 Å². The minimum Gasteiger partial charge on any atom is -0.307 e. The largest absolute Gasteiger partial charge is 0.328 e. The van der Waals surface area contributed by atoms with E-state index in [0.717, 1.165) is 10.3 Å². The van der Waals surface area contributed by atoms with Crippen molar-refractivity contribution in [3.05, 3.63) is 74.9 Å². The first-order valence-corrected chi connectivity index (χ1v) is 8.59. The van der Waals surface area contributed by atoms with Crippen LogP contribution in [0.5, 0.6) is 0 Å². The van der Waals surface area contributed by atoms with Gasteiger partial charge in [0.2, 0.25) is 0 Å². The molecule has 2 aromatic carbocycles. The SMILES string of the molecule is CCn1c(=O)[nH]c2cc(C(=O)N(c3ccccc3)C(C)C)ccc2c1=O. The van der Waals surface area contributed by atoms with Crippen molar-refractivity contribution in [2.45, 2.75) is 33.4 Å². The van der Waals surface area contributed by atoms with E-state index in [2.05, 4.69) is 4.98 Å². The molecule has 0 aliphatic rings. The van der Waals surface area contributed by atoms with Gasteiger partial charge in [-0.25, -0.2) is 4.79 Å². The Morgan fingerprint density at radius 1 is 1.12 bits per heavy atom. The molecule has 0 bridgehead atoms. The second kappa shape index (κ2) is 7.00. The number of aromatic amines is 1. The fourth-order valence-electron chi connectivity index (χ4n) is 3.05. The van der Waals surface area contributed by atoms with Gasteiger partial charge in [-0.05, 0) is 51.1 Å². The number of amides is 1. The van der Waals surface area contributed by atoms with E-state index in [4.69, 9.17) is 0 Å². The summed E-state index contributed by atoms with van der Waals surface area (Å²) in [5.41, 5.74) is 0.751. The van der Waals surface area contributed by atoms with Crippen LogP contribution in [0.15, 0.2) is 58.1 Å². The monoisotopic (exact) mass is 351 g/mol. The molecule has 26 heavy (non-hydrogen) atoms. The molecule has 1 aromatic heterocycles. The summed E-state index contributed by atoms with van der Waals surface area (Å²) in [6, 6.07) is 14.1. The van der Waals surface area contributed by atoms with Crippen molar-refractivity contribution in [3.63, 3.8) is 0 Å². The summed E-state index contributed by atoms with van der Waals surface area (Å²) in [4.78, 5) is 41.9. The Morgan fingerprint density at radius 2 is 1.81 bits per heavy atom. The molecule has 1 heterocycles. The Balaban J connectivity index is 2.11. The smallest absolute Gasteiger partial charge is 0.307 e. The summed E-state index contributed by atoms with van der Waals surface area (Å²) in [5, 5.41) is 0.388. The minimum atomic E-state index is -0.474. The van der Waals surface area contributed by atoms with E-state index in [9.17, 15) is 14.4 Å². The molecule has 0 aliphatic carbocycles. The normalized spacial score (nSPS) is 11.1. The van der Waals surface area contributed by atoms with Crippen LogP contribution in [-0.2, 0) is 6.54 Å². The van der Waals surface area contributed by atoms with Crippen molar-refractivity contribution < 1.29 is 4.79 Å². The fourth-order valence-corrected chi connectivity index (χ4v) is 3.05. The van der Waals surface area contributed by atoms with Gasteiger partial charge >= 0.3 is 5.69 Å². The molecule has 0 spiro atoms. The summed E-state index contributed by atoms with van der Waals surface area (Å²) >= 11 is 0. The standard InChI is InChI=1S/C20H21N3O3/c1-4-22-19(25)16-11-10-14(12-17(16)21-20(22)26)18(24)23(13(2)3)15-8-6-5-7-9-15/h5-13H,4H2,1-3H3,(H,21,26). The molecule has 1 N–H and O–H groups in total. The van der Waals surface area contributed by atoms with Crippen molar-refractivity contribution in [2.24, 2.45) is 0 Å². The van der Waals surface area contributed by atoms with Gasteiger partial charge in [0.05, 0.1) is 10.9 Å². The van der Waals surface area contributed by atoms with Gasteiger partial charge in [-0.15, -0.1) is 0 Å². The Bertz CT molecular complexity index is 1070. The second-order valence-corrected chi connectivity index (χ2v) is 6.34. The molecule has 6 heteroatoms. The zero-order valence-corrected chi connectivity index (χ0v) is 15.0. The van der Waals surface area contributed by atoms with E-state index in [1.165, 1.54) is 0 Å². The summed E-state index contributed by atoms with van der Waals surface area (Å²) in [5.74, 6) is -0.186. The van der Waals surface area contributed by atoms with Crippen LogP contribution in [0.2, 0.25) is 0 Å². The maximum Gasteiger partial charge on any atom is 0.328 e. The van der Waals surface area contributed by atoms with Crippen LogP contribution in [0.1, 0.15) is 31.1 Å². The van der Waals surface area contributed by atoms with E-state index >= 15 is 0 Å². The third kappa shape index (κ3) is 3.06. The van der Waals surface area contributed by atoms with Crippen LogP contribution in [0.4, 0.5) is 5.69 Å². The lowest BCUT2D eigenvalue weighted by Crippen LogP contribution is -2.37. The van der Waals surface area contributed by atoms with Crippen LogP contribution < -0.4 is 16.1 Å². The number of carbonyl (C=O) groups is 1. The second-order valence-electron chi connectivity index (χ2n) is 6.34. The molecule has 3 aromatic rings. The Labute approximate surface area is 150 Å². The van der Waals surface area contributed by atoms with Crippen molar-refractivity contribution in [3.8, 4) is 0 Å². The number of fused-ring (bicyclic) bond motifs is 1. The van der Waals surface area contributed by atoms with Crippen LogP contribution >= 0.6 is 0 Å². The average molecular weight is 351 g/mol. The van der Waals surface area contributed by atoms with Gasteiger partial charge < -0.3 is 9.88 Å². The topological polar surface area (TPSA) is 75.2 Å². The van der Waals surface area contributed by atoms with Crippen LogP contribution in [0, 0.1) is 0 Å². The number of H-pyrrole nitrogens is 1. The molecule has 134 valence electrons. The number of nitrogens with zero attached hydrogens (tertiary/aromatic N) is 2. The number of para-hydroxylation sites is 1. The van der Waals surface area contributed by atoms with Crippen LogP contribution in [-0.4, -0.2) is 21.5 Å². The number of carbonyl (C=O) groups excluding carboxylic acids is 1. The van der Waals surface area contributed by atoms with Gasteiger partial charge in [0.25, 0.3) is 11.5 Å². The highest BCUT2D eigenvalue weighted by atomic mass is 16.2. The van der Waals surface area contributed by atoms with Crippen LogP contribution in [0.25, 0.3) is 10.9 Å². The summed E-state index contributed by atoms with van der Waals surface area (Å²) in [7, 11) is 0. The van der Waals surface area contributed by atoms with E-state index in [1.807, 2.05) is 44.2 Å². The molecular formula is C20H21N3O3. The Hall–Kier alpha value is -3.15. The predicted molar refractivity (Wildman–Crippen MR) is 103 cm³/mol. The van der Waals surface area contributed by atoms with Gasteiger partial charge in [-0.3, -0.25) is 14.2 Å². The van der Waals surface area contributed by atoms with E-state index in [-0.39, 0.29) is 17.5 Å². The van der Waals surface area contributed by atoms with Crippen LogP contribution in [0.3, 0.4) is 0 Å². The predicted octanol–water partition coefficient (Wildman–Crippen LogP) is 2.76. The highest BCUT2D eigenvalue weighted by Gasteiger charge is 2.21. The minimum absolute atomic E-state index is 0.0484. The van der Waals surface area contributed by atoms with E-state index in [1.54, 1.807) is 30.0 Å². The lowest BCUT2D eigenvalue weighted by atomic mass is 10.1. The van der Waals surface area contributed by atoms with E-state index < -0.39 is 5.69 Å². The number of rotatable bonds is 4. The third-order valence-electron chi connectivity index (χ3n) is 4.31. The lowest BCUT2D eigenvalue weighted by Gasteiger charge is -2.27. The highest BCUT2D eigenvalue weighted by Crippen LogP contribution is 2.21. The van der Waals surface area contributed by atoms with E-state index in [0.29, 0.717) is 23.0 Å². The molecule has 0 unspecified atom stereocenters. The molecule has 0 saturated heterocycles. The van der Waals surface area contributed by atoms with Gasteiger partial charge in [0, 0.05) is 23.8 Å². The van der Waals surface area contributed by atoms with Gasteiger partial charge in [-0.2, -0.15) is 0 Å². The van der Waals surface area contributed by atoms with Crippen molar-refractivity contribution in [2.75, 3.05) is 4.90 Å². The first-order valence-electron chi connectivity index (χ1n) is 8.59. The molecule has 0 aliphatic heterocycles. The quantitative estimate of drug-likeness (QED) is 0.785. The first-order chi connectivity index (χ1) is 12.4. The lowest BCUT2D eigenvalue weighted by molar-refractivity contribution is 0.0980. The summed E-state index contributed by atoms with van der Waals surface area (Å²) in [6.45, 7) is 5.90. The maximum absolute atomic E-state index is 13.1. The number of hydrogen-bond donors (Lipinski definition) is 1. The number of nitrogens with one attached hydrogen (secondary N) is 1. The van der Waals surface area contributed by atoms with Crippen molar-refractivity contribution in [1.82, 2.24) is 9.55 Å². The fraction of sp³-hybridized carbons (Fsp3) is 0.250. The molecular weight excluding hydrogens is 330 g/mol. The highest BCUT2D eigenvalue weighted by molar-refractivity contribution is 6.08. The Kier molecular flexibility index (Phi) is 4.75. The number of hydrogen-bond acceptors (Lipinski definition) is 3. The first kappa shape index (κ1) is 17.7. The number of aromatic nitrogens is 2. The zero-order valence-electron chi connectivity index (χ0n) is 15.0. The molecule has 3 rings (SSSR count). The molecule has 0 radical (unpaired) electrons. The molecule has 0 saturated carbocycles.